The van der Waals surface area contributed by atoms with E-state index in [-0.39, 0.29) is 10.8 Å². The van der Waals surface area contributed by atoms with Crippen molar-refractivity contribution in [3.63, 3.8) is 0 Å². The van der Waals surface area contributed by atoms with Gasteiger partial charge in [0.2, 0.25) is 0 Å². The van der Waals surface area contributed by atoms with Gasteiger partial charge in [-0.15, -0.1) is 0 Å². The first kappa shape index (κ1) is 16.9. The third-order valence-corrected chi connectivity index (χ3v) is 4.06. The Morgan fingerprint density at radius 3 is 1.25 bits per heavy atom. The van der Waals surface area contributed by atoms with Crippen LogP contribution in [0.1, 0.15) is 52.9 Å². The van der Waals surface area contributed by atoms with Crippen molar-refractivity contribution in [2.75, 3.05) is 0 Å². The van der Waals surface area contributed by atoms with Gasteiger partial charge in [0.15, 0.2) is 0 Å². The summed E-state index contributed by atoms with van der Waals surface area (Å²) in [5.74, 6) is 0. The fourth-order valence-electron chi connectivity index (χ4n) is 3.13. The van der Waals surface area contributed by atoms with E-state index in [0.717, 1.165) is 35.3 Å². The summed E-state index contributed by atoms with van der Waals surface area (Å²) < 4.78 is 0. The van der Waals surface area contributed by atoms with Crippen LogP contribution < -0.4 is 0 Å². The van der Waals surface area contributed by atoms with Crippen molar-refractivity contribution in [2.45, 2.75) is 54.4 Å². The smallest absolute Gasteiger partial charge is 0.0967 e. The molecule has 0 spiro atoms. The number of hydrogen-bond acceptors (Lipinski definition) is 2. The summed E-state index contributed by atoms with van der Waals surface area (Å²) in [6.45, 7) is 13.5. The highest BCUT2D eigenvalue weighted by Gasteiger charge is 2.15. The first-order chi connectivity index (χ1) is 11.1. The van der Waals surface area contributed by atoms with Crippen molar-refractivity contribution in [3.8, 4) is 0 Å². The highest BCUT2D eigenvalue weighted by molar-refractivity contribution is 6.02. The third-order valence-electron chi connectivity index (χ3n) is 4.06. The Hall–Kier alpha value is -1.96. The van der Waals surface area contributed by atoms with Crippen molar-refractivity contribution in [3.05, 3.63) is 47.8 Å². The normalized spacial score (nSPS) is 12.9. The molecule has 0 N–H and O–H groups in total. The molecule has 0 unspecified atom stereocenters. The van der Waals surface area contributed by atoms with Crippen LogP contribution in [0, 0.1) is 10.8 Å². The molecule has 0 radical (unpaired) electrons. The lowest BCUT2D eigenvalue weighted by Crippen LogP contribution is -2.11. The van der Waals surface area contributed by atoms with Gasteiger partial charge in [0.25, 0.3) is 0 Å². The van der Waals surface area contributed by atoms with Crippen LogP contribution in [0.3, 0.4) is 0 Å². The molecule has 2 nitrogen and oxygen atoms in total. The Balaban J connectivity index is 2.15. The predicted octanol–water partition coefficient (Wildman–Crippen LogP) is 5.96. The molecule has 2 aromatic heterocycles. The highest BCUT2D eigenvalue weighted by atomic mass is 14.8. The number of rotatable bonds is 2. The van der Waals surface area contributed by atoms with Gasteiger partial charge in [-0.3, -0.25) is 9.97 Å². The van der Waals surface area contributed by atoms with Gasteiger partial charge in [0, 0.05) is 22.2 Å². The van der Waals surface area contributed by atoms with E-state index in [2.05, 4.69) is 77.9 Å². The van der Waals surface area contributed by atoms with E-state index in [0.29, 0.717) is 0 Å². The fourth-order valence-corrected chi connectivity index (χ4v) is 3.13. The largest absolute Gasteiger partial charge is 0.251 e. The van der Waals surface area contributed by atoms with Crippen molar-refractivity contribution in [1.82, 2.24) is 9.97 Å². The Labute approximate surface area is 145 Å². The minimum absolute atomic E-state index is 0.232. The summed E-state index contributed by atoms with van der Waals surface area (Å²) in [6, 6.07) is 13.0. The van der Waals surface area contributed by atoms with Crippen LogP contribution in [0.25, 0.3) is 21.8 Å². The second-order valence-electron chi connectivity index (χ2n) is 9.29. The lowest BCUT2D eigenvalue weighted by molar-refractivity contribution is 0.406. The maximum atomic E-state index is 4.96. The van der Waals surface area contributed by atoms with Gasteiger partial charge in [-0.2, -0.15) is 0 Å². The second kappa shape index (κ2) is 5.84. The Morgan fingerprint density at radius 2 is 0.917 bits per heavy atom. The molecular formula is C22H28N2. The van der Waals surface area contributed by atoms with Gasteiger partial charge >= 0.3 is 0 Å². The maximum Gasteiger partial charge on any atom is 0.0967 e. The van der Waals surface area contributed by atoms with Crippen LogP contribution in [0.5, 0.6) is 0 Å². The highest BCUT2D eigenvalue weighted by Crippen LogP contribution is 2.27. The molecule has 3 rings (SSSR count). The Bertz CT molecular complexity index is 805. The van der Waals surface area contributed by atoms with Crippen molar-refractivity contribution in [1.29, 1.82) is 0 Å². The number of pyridine rings is 2. The number of hydrogen-bond donors (Lipinski definition) is 0. The molecule has 0 aliphatic heterocycles. The molecule has 0 atom stereocenters. The first-order valence-electron chi connectivity index (χ1n) is 8.79. The summed E-state index contributed by atoms with van der Waals surface area (Å²) in [6.07, 6.45) is 1.95. The molecular weight excluding hydrogens is 292 g/mol. The second-order valence-corrected chi connectivity index (χ2v) is 9.29. The molecule has 0 saturated heterocycles. The van der Waals surface area contributed by atoms with Gasteiger partial charge < -0.3 is 0 Å². The minimum atomic E-state index is 0.232. The maximum absolute atomic E-state index is 4.96. The molecule has 2 heterocycles. The first-order valence-corrected chi connectivity index (χ1v) is 8.79. The van der Waals surface area contributed by atoms with E-state index in [1.165, 1.54) is 10.8 Å². The molecule has 0 saturated carbocycles. The van der Waals surface area contributed by atoms with Crippen LogP contribution >= 0.6 is 0 Å². The Kier molecular flexibility index (Phi) is 4.11. The SMILES string of the molecule is CC(C)(C)Cc1ccc2ccc3ccc(CC(C)(C)C)nc3c2n1. The zero-order chi connectivity index (χ0) is 17.5. The van der Waals surface area contributed by atoms with Crippen LogP contribution in [0.2, 0.25) is 0 Å². The van der Waals surface area contributed by atoms with E-state index < -0.39 is 0 Å². The number of benzene rings is 1. The molecule has 0 bridgehead atoms. The average molecular weight is 320 g/mol. The molecule has 0 aliphatic rings. The Morgan fingerprint density at radius 1 is 0.583 bits per heavy atom. The molecule has 0 fully saturated rings. The zero-order valence-corrected chi connectivity index (χ0v) is 15.8. The molecule has 0 aliphatic carbocycles. The van der Waals surface area contributed by atoms with Gasteiger partial charge in [0.1, 0.15) is 0 Å². The van der Waals surface area contributed by atoms with E-state index in [1.807, 2.05) is 0 Å². The molecule has 2 heteroatoms. The third kappa shape index (κ3) is 3.92. The lowest BCUT2D eigenvalue weighted by atomic mass is 9.90. The summed E-state index contributed by atoms with van der Waals surface area (Å²) in [5, 5.41) is 2.33. The molecule has 126 valence electrons. The number of aromatic nitrogens is 2. The quantitative estimate of drug-likeness (QED) is 0.544. The predicted molar refractivity (Wildman–Crippen MR) is 103 cm³/mol. The van der Waals surface area contributed by atoms with Crippen LogP contribution in [0.4, 0.5) is 0 Å². The topological polar surface area (TPSA) is 25.8 Å². The zero-order valence-electron chi connectivity index (χ0n) is 15.8. The van der Waals surface area contributed by atoms with Crippen molar-refractivity contribution in [2.24, 2.45) is 10.8 Å². The number of nitrogens with zero attached hydrogens (tertiary/aromatic N) is 2. The average Bonchev–Trinajstić information content (AvgIpc) is 2.44. The van der Waals surface area contributed by atoms with Gasteiger partial charge in [-0.05, 0) is 35.8 Å². The summed E-state index contributed by atoms with van der Waals surface area (Å²) in [5.41, 5.74) is 4.82. The molecule has 1 aromatic carbocycles. The minimum Gasteiger partial charge on any atom is -0.251 e. The molecule has 3 aromatic rings. The van der Waals surface area contributed by atoms with Crippen LogP contribution in [0.15, 0.2) is 36.4 Å². The van der Waals surface area contributed by atoms with E-state index in [1.54, 1.807) is 0 Å². The lowest BCUT2D eigenvalue weighted by Gasteiger charge is -2.18. The van der Waals surface area contributed by atoms with E-state index in [4.69, 9.17) is 9.97 Å². The van der Waals surface area contributed by atoms with Crippen LogP contribution in [-0.2, 0) is 12.8 Å². The summed E-state index contributed by atoms with van der Waals surface area (Å²) in [7, 11) is 0. The van der Waals surface area contributed by atoms with Crippen molar-refractivity contribution < 1.29 is 0 Å². The number of fused-ring (bicyclic) bond motifs is 3. The van der Waals surface area contributed by atoms with Gasteiger partial charge in [0.05, 0.1) is 11.0 Å². The van der Waals surface area contributed by atoms with E-state index in [9.17, 15) is 0 Å². The fraction of sp³-hybridized carbons (Fsp3) is 0.455. The standard InChI is InChI=1S/C22H28N2/c1-21(2,3)13-17-11-9-15-7-8-16-10-12-18(14-22(4,5)6)24-20(16)19(15)23-17/h7-12H,13-14H2,1-6H3. The van der Waals surface area contributed by atoms with Crippen LogP contribution in [-0.4, -0.2) is 9.97 Å². The van der Waals surface area contributed by atoms with Crippen molar-refractivity contribution >= 4 is 21.8 Å². The van der Waals surface area contributed by atoms with Gasteiger partial charge in [-0.25, -0.2) is 0 Å². The van der Waals surface area contributed by atoms with E-state index >= 15 is 0 Å². The monoisotopic (exact) mass is 320 g/mol. The van der Waals surface area contributed by atoms with Gasteiger partial charge in [-0.1, -0.05) is 65.8 Å². The summed E-state index contributed by atoms with van der Waals surface area (Å²) >= 11 is 0. The molecule has 0 amide bonds. The molecule has 24 heavy (non-hydrogen) atoms. The summed E-state index contributed by atoms with van der Waals surface area (Å²) in [4.78, 5) is 9.93.